The van der Waals surface area contributed by atoms with E-state index in [1.165, 1.54) is 18.9 Å². The number of carbonyl (C=O) groups excluding carboxylic acids is 2. The molecule has 0 aromatic heterocycles. The maximum absolute atomic E-state index is 11.4. The highest BCUT2D eigenvalue weighted by Crippen LogP contribution is 2.02. The van der Waals surface area contributed by atoms with Gasteiger partial charge in [-0.2, -0.15) is 11.8 Å². The van der Waals surface area contributed by atoms with Crippen molar-refractivity contribution in [3.05, 3.63) is 0 Å². The minimum Gasteiger partial charge on any atom is -0.480 e. The first-order valence-electron chi connectivity index (χ1n) is 5.09. The van der Waals surface area contributed by atoms with Gasteiger partial charge in [0.2, 0.25) is 5.91 Å². The first-order valence-corrected chi connectivity index (χ1v) is 6.48. The Kier molecular flexibility index (Phi) is 8.21. The second-order valence-electron chi connectivity index (χ2n) is 3.32. The van der Waals surface area contributed by atoms with Gasteiger partial charge in [-0.1, -0.05) is 0 Å². The van der Waals surface area contributed by atoms with Crippen LogP contribution < -0.4 is 5.32 Å². The fourth-order valence-electron chi connectivity index (χ4n) is 1.08. The van der Waals surface area contributed by atoms with Gasteiger partial charge in [-0.25, -0.2) is 4.79 Å². The zero-order valence-electron chi connectivity index (χ0n) is 9.89. The van der Waals surface area contributed by atoms with Gasteiger partial charge in [0.1, 0.15) is 6.04 Å². The zero-order chi connectivity index (χ0) is 13.3. The van der Waals surface area contributed by atoms with Gasteiger partial charge in [0.25, 0.3) is 0 Å². The number of esters is 1. The molecule has 6 nitrogen and oxygen atoms in total. The lowest BCUT2D eigenvalue weighted by atomic mass is 10.2. The molecule has 0 aliphatic rings. The molecule has 0 bridgehead atoms. The first-order chi connectivity index (χ1) is 8.01. The van der Waals surface area contributed by atoms with E-state index in [4.69, 9.17) is 5.11 Å². The van der Waals surface area contributed by atoms with Crippen LogP contribution in [0.5, 0.6) is 0 Å². The molecule has 98 valence electrons. The lowest BCUT2D eigenvalue weighted by Crippen LogP contribution is -2.41. The second-order valence-corrected chi connectivity index (χ2v) is 4.30. The number of nitrogens with one attached hydrogen (secondary N) is 1. The van der Waals surface area contributed by atoms with Crippen molar-refractivity contribution in [2.24, 2.45) is 0 Å². The standard InChI is InChI=1S/C10H17NO5S/c1-16-9(13)4-3-8(12)11-7(10(14)15)5-6-17-2/h7H,3-6H2,1-2H3,(H,11,12)(H,14,15). The highest BCUT2D eigenvalue weighted by Gasteiger charge is 2.19. The number of hydrogen-bond donors (Lipinski definition) is 2. The summed E-state index contributed by atoms with van der Waals surface area (Å²) >= 11 is 1.51. The van der Waals surface area contributed by atoms with Crippen molar-refractivity contribution in [1.82, 2.24) is 5.32 Å². The first kappa shape index (κ1) is 15.8. The molecule has 1 unspecified atom stereocenters. The third kappa shape index (κ3) is 7.62. The summed E-state index contributed by atoms with van der Waals surface area (Å²) in [5.41, 5.74) is 0. The van der Waals surface area contributed by atoms with Gasteiger partial charge in [0.05, 0.1) is 13.5 Å². The van der Waals surface area contributed by atoms with E-state index < -0.39 is 23.9 Å². The fourth-order valence-corrected chi connectivity index (χ4v) is 1.55. The molecular weight excluding hydrogens is 246 g/mol. The lowest BCUT2D eigenvalue weighted by molar-refractivity contribution is -0.143. The SMILES string of the molecule is COC(=O)CCC(=O)NC(CCSC)C(=O)O. The van der Waals surface area contributed by atoms with Gasteiger partial charge in [-0.3, -0.25) is 9.59 Å². The summed E-state index contributed by atoms with van der Waals surface area (Å²) in [6.07, 6.45) is 2.12. The number of amides is 1. The van der Waals surface area contributed by atoms with Gasteiger partial charge >= 0.3 is 11.9 Å². The second kappa shape index (κ2) is 8.86. The molecule has 0 aromatic rings. The van der Waals surface area contributed by atoms with Crippen molar-refractivity contribution >= 4 is 29.6 Å². The largest absolute Gasteiger partial charge is 0.480 e. The summed E-state index contributed by atoms with van der Waals surface area (Å²) in [6, 6.07) is -0.896. The van der Waals surface area contributed by atoms with E-state index in [0.29, 0.717) is 12.2 Å². The summed E-state index contributed by atoms with van der Waals surface area (Å²) in [7, 11) is 1.23. The minimum absolute atomic E-state index is 0.0444. The summed E-state index contributed by atoms with van der Waals surface area (Å²) in [5.74, 6) is -1.36. The van der Waals surface area contributed by atoms with Crippen LogP contribution >= 0.6 is 11.8 Å². The molecule has 17 heavy (non-hydrogen) atoms. The van der Waals surface area contributed by atoms with Crippen LogP contribution in [0.15, 0.2) is 0 Å². The van der Waals surface area contributed by atoms with Crippen LogP contribution in [0.3, 0.4) is 0 Å². The van der Waals surface area contributed by atoms with Crippen molar-refractivity contribution in [2.75, 3.05) is 19.1 Å². The summed E-state index contributed by atoms with van der Waals surface area (Å²) < 4.78 is 4.38. The number of rotatable bonds is 8. The van der Waals surface area contributed by atoms with Gasteiger partial charge < -0.3 is 15.2 Å². The smallest absolute Gasteiger partial charge is 0.326 e. The van der Waals surface area contributed by atoms with E-state index in [1.807, 2.05) is 6.26 Å². The minimum atomic E-state index is -1.06. The zero-order valence-corrected chi connectivity index (χ0v) is 10.7. The number of carboxylic acids is 1. The van der Waals surface area contributed by atoms with E-state index in [9.17, 15) is 14.4 Å². The van der Waals surface area contributed by atoms with E-state index >= 15 is 0 Å². The molecule has 0 rings (SSSR count). The predicted molar refractivity (Wildman–Crippen MR) is 63.8 cm³/mol. The average Bonchev–Trinajstić information content (AvgIpc) is 2.30. The normalized spacial score (nSPS) is 11.6. The Hall–Kier alpha value is -1.24. The Morgan fingerprint density at radius 3 is 2.47 bits per heavy atom. The molecule has 2 N–H and O–H groups in total. The molecule has 0 saturated carbocycles. The van der Waals surface area contributed by atoms with Crippen LogP contribution in [0.1, 0.15) is 19.3 Å². The van der Waals surface area contributed by atoms with E-state index in [2.05, 4.69) is 10.1 Å². The number of aliphatic carboxylic acids is 1. The van der Waals surface area contributed by atoms with E-state index in [0.717, 1.165) is 0 Å². The molecular formula is C10H17NO5S. The summed E-state index contributed by atoms with van der Waals surface area (Å²) in [4.78, 5) is 33.0. The maximum atomic E-state index is 11.4. The molecule has 1 amide bonds. The molecule has 0 radical (unpaired) electrons. The van der Waals surface area contributed by atoms with E-state index in [1.54, 1.807) is 0 Å². The van der Waals surface area contributed by atoms with Gasteiger partial charge in [0.15, 0.2) is 0 Å². The Labute approximate surface area is 104 Å². The number of carboxylic acid groups (broad SMARTS) is 1. The van der Waals surface area contributed by atoms with Crippen LogP contribution in [-0.4, -0.2) is 48.1 Å². The van der Waals surface area contributed by atoms with Crippen LogP contribution in [0.2, 0.25) is 0 Å². The third-order valence-corrected chi connectivity index (χ3v) is 2.67. The summed E-state index contributed by atoms with van der Waals surface area (Å²) in [6.45, 7) is 0. The fraction of sp³-hybridized carbons (Fsp3) is 0.700. The van der Waals surface area contributed by atoms with Crippen LogP contribution in [-0.2, 0) is 19.1 Å². The van der Waals surface area contributed by atoms with Crippen molar-refractivity contribution in [3.63, 3.8) is 0 Å². The molecule has 7 heteroatoms. The quantitative estimate of drug-likeness (QED) is 0.610. The Bertz CT molecular complexity index is 282. The highest BCUT2D eigenvalue weighted by atomic mass is 32.2. The number of methoxy groups -OCH3 is 1. The molecule has 0 aliphatic heterocycles. The monoisotopic (exact) mass is 263 g/mol. The Morgan fingerprint density at radius 1 is 1.35 bits per heavy atom. The van der Waals surface area contributed by atoms with Crippen LogP contribution in [0.25, 0.3) is 0 Å². The van der Waals surface area contributed by atoms with Crippen LogP contribution in [0, 0.1) is 0 Å². The highest BCUT2D eigenvalue weighted by molar-refractivity contribution is 7.98. The Balaban J connectivity index is 4.03. The van der Waals surface area contributed by atoms with Crippen LogP contribution in [0.4, 0.5) is 0 Å². The Morgan fingerprint density at radius 2 is 2.00 bits per heavy atom. The number of carbonyl (C=O) groups is 3. The molecule has 0 aliphatic carbocycles. The molecule has 0 aromatic carbocycles. The maximum Gasteiger partial charge on any atom is 0.326 e. The van der Waals surface area contributed by atoms with Crippen molar-refractivity contribution < 1.29 is 24.2 Å². The average molecular weight is 263 g/mol. The molecule has 0 spiro atoms. The van der Waals surface area contributed by atoms with Gasteiger partial charge in [-0.15, -0.1) is 0 Å². The van der Waals surface area contributed by atoms with Crippen molar-refractivity contribution in [3.8, 4) is 0 Å². The molecule has 0 saturated heterocycles. The van der Waals surface area contributed by atoms with Crippen molar-refractivity contribution in [1.29, 1.82) is 0 Å². The molecule has 0 fully saturated rings. The molecule has 0 heterocycles. The summed E-state index contributed by atoms with van der Waals surface area (Å²) in [5, 5.41) is 11.2. The topological polar surface area (TPSA) is 92.7 Å². The third-order valence-electron chi connectivity index (χ3n) is 2.03. The number of hydrogen-bond acceptors (Lipinski definition) is 5. The number of thioether (sulfide) groups is 1. The predicted octanol–water partition coefficient (Wildman–Crippen LogP) is 0.262. The number of ether oxygens (including phenoxy) is 1. The lowest BCUT2D eigenvalue weighted by Gasteiger charge is -2.13. The van der Waals surface area contributed by atoms with Gasteiger partial charge in [0, 0.05) is 6.42 Å². The van der Waals surface area contributed by atoms with E-state index in [-0.39, 0.29) is 12.8 Å². The van der Waals surface area contributed by atoms with Crippen molar-refractivity contribution in [2.45, 2.75) is 25.3 Å². The van der Waals surface area contributed by atoms with Gasteiger partial charge in [-0.05, 0) is 18.4 Å². The molecule has 1 atom stereocenters.